The predicted molar refractivity (Wildman–Crippen MR) is 125 cm³/mol. The number of anilines is 1. The number of hydrogen-bond acceptors (Lipinski definition) is 4. The number of amides is 1. The summed E-state index contributed by atoms with van der Waals surface area (Å²) in [5.41, 5.74) is 6.54. The zero-order valence-electron chi connectivity index (χ0n) is 19.1. The van der Waals surface area contributed by atoms with Crippen molar-refractivity contribution in [2.45, 2.75) is 52.1 Å². The molecule has 7 heteroatoms. The third kappa shape index (κ3) is 3.84. The largest absolute Gasteiger partial charge is 0.383 e. The summed E-state index contributed by atoms with van der Waals surface area (Å²) < 4.78 is 5.35. The van der Waals surface area contributed by atoms with Crippen LogP contribution in [0.25, 0.3) is 22.3 Å². The Bertz CT molecular complexity index is 1140. The van der Waals surface area contributed by atoms with Gasteiger partial charge in [0.05, 0.1) is 5.69 Å². The molecule has 1 amide bonds. The number of nitrogens with one attached hydrogen (secondary N) is 2. The van der Waals surface area contributed by atoms with Crippen molar-refractivity contribution >= 4 is 22.5 Å². The molecule has 1 saturated heterocycles. The molecule has 1 unspecified atom stereocenters. The average Bonchev–Trinajstić information content (AvgIpc) is 3.40. The van der Waals surface area contributed by atoms with E-state index >= 15 is 0 Å². The number of aliphatic hydroxyl groups is 1. The summed E-state index contributed by atoms with van der Waals surface area (Å²) in [4.78, 5) is 17.9. The molecular formula is C25H32N4O3. The second-order valence-corrected chi connectivity index (χ2v) is 10.1. The van der Waals surface area contributed by atoms with E-state index in [2.05, 4.69) is 35.1 Å². The number of benzene rings is 1. The minimum atomic E-state index is -1.00. The Hall–Kier alpha value is -2.64. The van der Waals surface area contributed by atoms with Gasteiger partial charge in [-0.2, -0.15) is 5.10 Å². The van der Waals surface area contributed by atoms with Crippen LogP contribution in [0.4, 0.5) is 5.69 Å². The van der Waals surface area contributed by atoms with Gasteiger partial charge < -0.3 is 19.7 Å². The maximum Gasteiger partial charge on any atom is 0.255 e. The summed E-state index contributed by atoms with van der Waals surface area (Å²) in [5, 5.41) is 19.6. The van der Waals surface area contributed by atoms with E-state index in [0.29, 0.717) is 31.5 Å². The fourth-order valence-electron chi connectivity index (χ4n) is 5.08. The van der Waals surface area contributed by atoms with E-state index in [1.165, 1.54) is 11.3 Å². The van der Waals surface area contributed by atoms with Crippen LogP contribution in [0.2, 0.25) is 0 Å². The van der Waals surface area contributed by atoms with E-state index in [4.69, 9.17) is 4.74 Å². The predicted octanol–water partition coefficient (Wildman–Crippen LogP) is 3.82. The normalized spacial score (nSPS) is 19.6. The molecule has 3 heterocycles. The molecule has 7 nitrogen and oxygen atoms in total. The van der Waals surface area contributed by atoms with Gasteiger partial charge in [-0.25, -0.2) is 0 Å². The number of hydrogen-bond donors (Lipinski definition) is 3. The molecule has 2 aliphatic rings. The highest BCUT2D eigenvalue weighted by Crippen LogP contribution is 2.38. The van der Waals surface area contributed by atoms with Crippen LogP contribution in [0.15, 0.2) is 24.3 Å². The molecule has 1 fully saturated rings. The number of aromatic nitrogens is 3. The lowest BCUT2D eigenvalue weighted by Crippen LogP contribution is -2.42. The molecule has 32 heavy (non-hydrogen) atoms. The topological polar surface area (TPSA) is 94.2 Å². The lowest BCUT2D eigenvalue weighted by atomic mass is 9.76. The number of carbonyl (C=O) groups is 1. The number of carbonyl (C=O) groups excluding carboxylic acids is 1. The van der Waals surface area contributed by atoms with Crippen LogP contribution in [-0.2, 0) is 22.4 Å². The first-order valence-electron chi connectivity index (χ1n) is 11.5. The minimum Gasteiger partial charge on any atom is -0.383 e. The van der Waals surface area contributed by atoms with Gasteiger partial charge in [-0.3, -0.25) is 9.89 Å². The van der Waals surface area contributed by atoms with E-state index < -0.39 is 6.10 Å². The molecule has 0 radical (unpaired) electrons. The van der Waals surface area contributed by atoms with Crippen LogP contribution in [0.1, 0.15) is 44.4 Å². The first-order valence-corrected chi connectivity index (χ1v) is 11.5. The van der Waals surface area contributed by atoms with Gasteiger partial charge in [-0.1, -0.05) is 19.9 Å². The standard InChI is InChI=1S/C25H32N4O3/c1-25(2)9-6-18-21(14-25)27-28-22(18)20-12-16-4-5-17(13-19(16)26-20)29(3)24(31)23(30)15-7-10-32-11-8-15/h4-5,12-13,15,23,26,30H,6-11,14H2,1-3H3,(H,27,28). The molecule has 1 atom stereocenters. The van der Waals surface area contributed by atoms with Gasteiger partial charge in [0.1, 0.15) is 11.8 Å². The Kier molecular flexibility index (Phi) is 5.34. The highest BCUT2D eigenvalue weighted by atomic mass is 16.5. The van der Waals surface area contributed by atoms with Crippen molar-refractivity contribution in [2.24, 2.45) is 11.3 Å². The first-order chi connectivity index (χ1) is 15.3. The molecule has 5 rings (SSSR count). The molecule has 1 aromatic carbocycles. The number of fused-ring (bicyclic) bond motifs is 2. The number of H-pyrrole nitrogens is 2. The number of ether oxygens (including phenoxy) is 1. The summed E-state index contributed by atoms with van der Waals surface area (Å²) in [7, 11) is 1.72. The molecule has 3 aromatic rings. The number of aliphatic hydroxyl groups excluding tert-OH is 1. The average molecular weight is 437 g/mol. The Morgan fingerprint density at radius 2 is 2.06 bits per heavy atom. The van der Waals surface area contributed by atoms with Crippen molar-refractivity contribution in [1.82, 2.24) is 15.2 Å². The van der Waals surface area contributed by atoms with Crippen LogP contribution in [-0.4, -0.2) is 52.6 Å². The second-order valence-electron chi connectivity index (χ2n) is 10.1. The van der Waals surface area contributed by atoms with Gasteiger partial charge in [-0.15, -0.1) is 0 Å². The zero-order valence-corrected chi connectivity index (χ0v) is 19.1. The zero-order chi connectivity index (χ0) is 22.5. The van der Waals surface area contributed by atoms with Crippen molar-refractivity contribution < 1.29 is 14.6 Å². The molecule has 1 aliphatic carbocycles. The fraction of sp³-hybridized carbons (Fsp3) is 0.520. The Morgan fingerprint density at radius 3 is 2.84 bits per heavy atom. The smallest absolute Gasteiger partial charge is 0.255 e. The van der Waals surface area contributed by atoms with E-state index in [0.717, 1.165) is 47.2 Å². The summed E-state index contributed by atoms with van der Waals surface area (Å²) >= 11 is 0. The molecule has 0 bridgehead atoms. The molecule has 1 aliphatic heterocycles. The highest BCUT2D eigenvalue weighted by molar-refractivity contribution is 5.98. The SMILES string of the molecule is CN(C(=O)C(O)C1CCOCC1)c1ccc2cc(-c3n[nH]c4c3CCC(C)(C)C4)[nH]c2c1. The van der Waals surface area contributed by atoms with Gasteiger partial charge in [0.15, 0.2) is 0 Å². The molecule has 0 saturated carbocycles. The quantitative estimate of drug-likeness (QED) is 0.579. The Balaban J connectivity index is 1.39. The lowest BCUT2D eigenvalue weighted by molar-refractivity contribution is -0.130. The van der Waals surface area contributed by atoms with Crippen LogP contribution in [0.3, 0.4) is 0 Å². The fourth-order valence-corrected chi connectivity index (χ4v) is 5.08. The van der Waals surface area contributed by atoms with Gasteiger partial charge >= 0.3 is 0 Å². The number of likely N-dealkylation sites (N-methyl/N-ethyl adjacent to an activating group) is 1. The third-order valence-electron chi connectivity index (χ3n) is 7.20. The summed E-state index contributed by atoms with van der Waals surface area (Å²) in [6.45, 7) is 5.81. The number of aromatic amines is 2. The Labute approximate surface area is 188 Å². The van der Waals surface area contributed by atoms with Crippen LogP contribution >= 0.6 is 0 Å². The summed E-state index contributed by atoms with van der Waals surface area (Å²) in [6, 6.07) is 8.03. The summed E-state index contributed by atoms with van der Waals surface area (Å²) in [5.74, 6) is -0.317. The minimum absolute atomic E-state index is 0.0460. The van der Waals surface area contributed by atoms with Crippen molar-refractivity contribution in [3.8, 4) is 11.4 Å². The van der Waals surface area contributed by atoms with Crippen LogP contribution < -0.4 is 4.90 Å². The van der Waals surface area contributed by atoms with E-state index in [1.807, 2.05) is 18.2 Å². The molecule has 3 N–H and O–H groups in total. The van der Waals surface area contributed by atoms with Gasteiger partial charge in [0, 0.05) is 48.1 Å². The lowest BCUT2D eigenvalue weighted by Gasteiger charge is -2.29. The molecule has 2 aromatic heterocycles. The van der Waals surface area contributed by atoms with E-state index in [1.54, 1.807) is 11.9 Å². The maximum absolute atomic E-state index is 12.9. The molecular weight excluding hydrogens is 404 g/mol. The van der Waals surface area contributed by atoms with Crippen molar-refractivity contribution in [3.63, 3.8) is 0 Å². The summed E-state index contributed by atoms with van der Waals surface area (Å²) in [6.07, 6.45) is 3.62. The number of rotatable bonds is 4. The van der Waals surface area contributed by atoms with Crippen molar-refractivity contribution in [3.05, 3.63) is 35.5 Å². The van der Waals surface area contributed by atoms with Crippen molar-refractivity contribution in [2.75, 3.05) is 25.2 Å². The molecule has 170 valence electrons. The van der Waals surface area contributed by atoms with E-state index in [9.17, 15) is 9.90 Å². The third-order valence-corrected chi connectivity index (χ3v) is 7.20. The second kappa shape index (κ2) is 8.05. The monoisotopic (exact) mass is 436 g/mol. The van der Waals surface area contributed by atoms with Gasteiger partial charge in [0.2, 0.25) is 0 Å². The van der Waals surface area contributed by atoms with Crippen LogP contribution in [0, 0.1) is 11.3 Å². The highest BCUT2D eigenvalue weighted by Gasteiger charge is 2.31. The van der Waals surface area contributed by atoms with Crippen LogP contribution in [0.5, 0.6) is 0 Å². The first kappa shape index (κ1) is 21.2. The maximum atomic E-state index is 12.9. The van der Waals surface area contributed by atoms with Gasteiger partial charge in [0.25, 0.3) is 5.91 Å². The van der Waals surface area contributed by atoms with Crippen molar-refractivity contribution in [1.29, 1.82) is 0 Å². The van der Waals surface area contributed by atoms with E-state index in [-0.39, 0.29) is 11.8 Å². The molecule has 0 spiro atoms. The number of nitrogens with zero attached hydrogens (tertiary/aromatic N) is 2. The van der Waals surface area contributed by atoms with Gasteiger partial charge in [-0.05, 0) is 61.6 Å². The Morgan fingerprint density at radius 1 is 1.28 bits per heavy atom.